The normalized spacial score (nSPS) is 13.8. The monoisotopic (exact) mass is 558 g/mol. The van der Waals surface area contributed by atoms with Crippen molar-refractivity contribution in [2.24, 2.45) is 0 Å². The molecule has 0 bridgehead atoms. The molecule has 0 amide bonds. The van der Waals surface area contributed by atoms with E-state index in [2.05, 4.69) is 63.2 Å². The van der Waals surface area contributed by atoms with E-state index in [-0.39, 0.29) is 5.78 Å². The van der Waals surface area contributed by atoms with Crippen LogP contribution in [0.4, 0.5) is 5.69 Å². The topological polar surface area (TPSA) is 88.3 Å². The van der Waals surface area contributed by atoms with Gasteiger partial charge in [0.25, 0.3) is 0 Å². The Kier molecular flexibility index (Phi) is 7.88. The van der Waals surface area contributed by atoms with Crippen molar-refractivity contribution in [2.75, 3.05) is 38.1 Å². The third-order valence-electron chi connectivity index (χ3n) is 7.93. The maximum Gasteiger partial charge on any atom is 0.171 e. The van der Waals surface area contributed by atoms with Gasteiger partial charge in [-0.25, -0.2) is 9.97 Å². The highest BCUT2D eigenvalue weighted by molar-refractivity contribution is 5.97. The van der Waals surface area contributed by atoms with Gasteiger partial charge in [0.2, 0.25) is 0 Å². The highest BCUT2D eigenvalue weighted by Gasteiger charge is 2.16. The number of benzene rings is 2. The number of ketones is 1. The predicted octanol–water partition coefficient (Wildman–Crippen LogP) is 5.58. The number of nitrogens with zero attached hydrogens (tertiary/aromatic N) is 6. The largest absolute Gasteiger partial charge is 0.369 e. The van der Waals surface area contributed by atoms with E-state index in [1.807, 2.05) is 37.3 Å². The Labute approximate surface area is 246 Å². The molecule has 42 heavy (non-hydrogen) atoms. The summed E-state index contributed by atoms with van der Waals surface area (Å²) in [5.41, 5.74) is 8.61. The molecule has 5 aromatic rings. The van der Waals surface area contributed by atoms with Crippen LogP contribution >= 0.6 is 0 Å². The second kappa shape index (κ2) is 12.0. The number of piperazine rings is 1. The van der Waals surface area contributed by atoms with Gasteiger partial charge in [-0.2, -0.15) is 0 Å². The fourth-order valence-corrected chi connectivity index (χ4v) is 5.32. The van der Waals surface area contributed by atoms with Crippen LogP contribution in [-0.2, 0) is 12.8 Å². The van der Waals surface area contributed by atoms with Crippen LogP contribution in [0.15, 0.2) is 83.9 Å². The van der Waals surface area contributed by atoms with Crippen LogP contribution < -0.4 is 4.90 Å². The Morgan fingerprint density at radius 1 is 0.881 bits per heavy atom. The van der Waals surface area contributed by atoms with Crippen molar-refractivity contribution >= 4 is 11.5 Å². The maximum absolute atomic E-state index is 13.2. The van der Waals surface area contributed by atoms with E-state index in [0.29, 0.717) is 24.4 Å². The fraction of sp³-hybridized carbons (Fsp3) is 0.265. The quantitative estimate of drug-likeness (QED) is 0.228. The first kappa shape index (κ1) is 27.5. The molecule has 2 aromatic carbocycles. The molecule has 212 valence electrons. The van der Waals surface area contributed by atoms with Crippen molar-refractivity contribution in [2.45, 2.75) is 26.7 Å². The molecule has 8 heteroatoms. The van der Waals surface area contributed by atoms with Crippen LogP contribution in [0.5, 0.6) is 0 Å². The van der Waals surface area contributed by atoms with Crippen molar-refractivity contribution in [3.63, 3.8) is 0 Å². The van der Waals surface area contributed by atoms with Crippen molar-refractivity contribution in [1.29, 1.82) is 0 Å². The third-order valence-corrected chi connectivity index (χ3v) is 7.93. The van der Waals surface area contributed by atoms with Crippen LogP contribution in [0.1, 0.15) is 38.4 Å². The van der Waals surface area contributed by atoms with E-state index >= 15 is 0 Å². The van der Waals surface area contributed by atoms with Gasteiger partial charge in [-0.15, -0.1) is 0 Å². The lowest BCUT2D eigenvalue weighted by molar-refractivity contribution is 0.0993. The van der Waals surface area contributed by atoms with Crippen molar-refractivity contribution < 1.29 is 9.32 Å². The highest BCUT2D eigenvalue weighted by atomic mass is 16.5. The van der Waals surface area contributed by atoms with Crippen molar-refractivity contribution in [3.05, 3.63) is 113 Å². The second-order valence-electron chi connectivity index (χ2n) is 11.0. The summed E-state index contributed by atoms with van der Waals surface area (Å²) in [5.74, 6) is 1.52. The average molecular weight is 559 g/mol. The van der Waals surface area contributed by atoms with Gasteiger partial charge in [0.1, 0.15) is 5.82 Å². The van der Waals surface area contributed by atoms with E-state index in [9.17, 15) is 4.79 Å². The first-order valence-electron chi connectivity index (χ1n) is 14.3. The number of aryl methyl sites for hydroxylation is 2. The molecule has 4 heterocycles. The summed E-state index contributed by atoms with van der Waals surface area (Å²) in [6.07, 6.45) is 7.93. The molecule has 8 nitrogen and oxygen atoms in total. The number of likely N-dealkylation sites (N-methyl/N-ethyl adjacent to an activating group) is 1. The summed E-state index contributed by atoms with van der Waals surface area (Å²) in [7, 11) is 2.15. The lowest BCUT2D eigenvalue weighted by Crippen LogP contribution is -2.44. The second-order valence-corrected chi connectivity index (χ2v) is 11.0. The van der Waals surface area contributed by atoms with Crippen LogP contribution in [0.3, 0.4) is 0 Å². The molecule has 0 spiro atoms. The van der Waals surface area contributed by atoms with Crippen LogP contribution in [-0.4, -0.2) is 64.0 Å². The summed E-state index contributed by atoms with van der Waals surface area (Å²) in [6.45, 7) is 8.16. The van der Waals surface area contributed by atoms with Gasteiger partial charge in [0.05, 0.1) is 11.9 Å². The Balaban J connectivity index is 1.15. The number of rotatable bonds is 8. The van der Waals surface area contributed by atoms with E-state index in [4.69, 9.17) is 9.51 Å². The van der Waals surface area contributed by atoms with Crippen LogP contribution in [0.25, 0.3) is 22.6 Å². The lowest BCUT2D eigenvalue weighted by atomic mass is 9.97. The Bertz CT molecular complexity index is 1700. The molecular weight excluding hydrogens is 524 g/mol. The summed E-state index contributed by atoms with van der Waals surface area (Å²) in [6, 6.07) is 18.2. The van der Waals surface area contributed by atoms with Gasteiger partial charge >= 0.3 is 0 Å². The van der Waals surface area contributed by atoms with Crippen molar-refractivity contribution in [1.82, 2.24) is 25.0 Å². The van der Waals surface area contributed by atoms with Gasteiger partial charge in [-0.1, -0.05) is 23.4 Å². The minimum Gasteiger partial charge on any atom is -0.369 e. The molecule has 0 radical (unpaired) electrons. The zero-order chi connectivity index (χ0) is 29.1. The van der Waals surface area contributed by atoms with E-state index in [1.165, 1.54) is 5.69 Å². The molecule has 1 aliphatic heterocycles. The number of hydrogen-bond acceptors (Lipinski definition) is 8. The summed E-state index contributed by atoms with van der Waals surface area (Å²) in [5, 5.41) is 3.88. The Morgan fingerprint density at radius 2 is 1.67 bits per heavy atom. The molecule has 1 fully saturated rings. The zero-order valence-electron chi connectivity index (χ0n) is 24.2. The van der Waals surface area contributed by atoms with Gasteiger partial charge in [0.15, 0.2) is 11.5 Å². The molecule has 0 N–H and O–H groups in total. The smallest absolute Gasteiger partial charge is 0.171 e. The van der Waals surface area contributed by atoms with E-state index in [0.717, 1.165) is 70.8 Å². The fourth-order valence-electron chi connectivity index (χ4n) is 5.32. The average Bonchev–Trinajstić information content (AvgIpc) is 3.45. The van der Waals surface area contributed by atoms with Crippen LogP contribution in [0.2, 0.25) is 0 Å². The molecule has 0 unspecified atom stereocenters. The number of pyridine rings is 1. The van der Waals surface area contributed by atoms with Crippen molar-refractivity contribution in [3.8, 4) is 22.6 Å². The number of anilines is 1. The molecule has 0 aliphatic carbocycles. The van der Waals surface area contributed by atoms with Gasteiger partial charge < -0.3 is 14.3 Å². The van der Waals surface area contributed by atoms with Gasteiger partial charge in [0, 0.05) is 85.6 Å². The van der Waals surface area contributed by atoms with Gasteiger partial charge in [-0.05, 0) is 74.0 Å². The molecule has 3 aromatic heterocycles. The predicted molar refractivity (Wildman–Crippen MR) is 164 cm³/mol. The number of Topliss-reactive ketones (excluding diaryl/α,β-unsaturated/α-hetero) is 1. The minimum atomic E-state index is 0.113. The third kappa shape index (κ3) is 6.14. The molecular formula is C34H34N6O2. The SMILES string of the molecule is Cc1ccc(CC(=O)c2ccc(N3CCN(C)CC3)cc2)cc1Cc1nccc(-c2cncc(-c3oncc3C)c2)n1. The summed E-state index contributed by atoms with van der Waals surface area (Å²) in [4.78, 5) is 31.7. The first-order chi connectivity index (χ1) is 20.4. The first-order valence-corrected chi connectivity index (χ1v) is 14.3. The van der Waals surface area contributed by atoms with Crippen LogP contribution in [0, 0.1) is 13.8 Å². The molecule has 1 saturated heterocycles. The number of aromatic nitrogens is 4. The number of carbonyl (C=O) groups excluding carboxylic acids is 1. The highest BCUT2D eigenvalue weighted by Crippen LogP contribution is 2.27. The molecule has 0 saturated carbocycles. The summed E-state index contributed by atoms with van der Waals surface area (Å²) >= 11 is 0. The lowest BCUT2D eigenvalue weighted by Gasteiger charge is -2.34. The van der Waals surface area contributed by atoms with E-state index < -0.39 is 0 Å². The summed E-state index contributed by atoms with van der Waals surface area (Å²) < 4.78 is 5.41. The van der Waals surface area contributed by atoms with E-state index in [1.54, 1.807) is 24.8 Å². The number of hydrogen-bond donors (Lipinski definition) is 0. The molecule has 1 aliphatic rings. The Morgan fingerprint density at radius 3 is 2.43 bits per heavy atom. The van der Waals surface area contributed by atoms with Gasteiger partial charge in [-0.3, -0.25) is 9.78 Å². The molecule has 0 atom stereocenters. The maximum atomic E-state index is 13.2. The Hall–Kier alpha value is -4.69. The number of carbonyl (C=O) groups is 1. The molecule has 6 rings (SSSR count). The minimum absolute atomic E-state index is 0.113. The zero-order valence-corrected chi connectivity index (χ0v) is 24.2. The standard InChI is InChI=1S/C34H34N6O2/c1-23-4-5-25(17-32(41)26-6-8-30(9-7-26)40-14-12-39(3)13-15-40)16-27(23)19-33-36-11-10-31(38-33)28-18-29(22-35-21-28)34-24(2)20-37-42-34/h4-11,16,18,20-22H,12-15,17,19H2,1-3H3.